The molecule has 0 bridgehead atoms. The van der Waals surface area contributed by atoms with Crippen LogP contribution in [0.3, 0.4) is 0 Å². The van der Waals surface area contributed by atoms with E-state index < -0.39 is 0 Å². The Balaban J connectivity index is 1.57. The molecule has 3 heterocycles. The monoisotopic (exact) mass is 312 g/mol. The molecule has 1 fully saturated rings. The molecule has 2 aromatic heterocycles. The van der Waals surface area contributed by atoms with Gasteiger partial charge in [0.15, 0.2) is 0 Å². The maximum absolute atomic E-state index is 12.4. The summed E-state index contributed by atoms with van der Waals surface area (Å²) in [7, 11) is 0. The zero-order valence-corrected chi connectivity index (χ0v) is 13.3. The van der Waals surface area contributed by atoms with Gasteiger partial charge in [-0.2, -0.15) is 0 Å². The molecule has 112 valence electrons. The van der Waals surface area contributed by atoms with Crippen LogP contribution in [0.4, 0.5) is 0 Å². The molecule has 3 aromatic rings. The lowest BCUT2D eigenvalue weighted by atomic mass is 10.1. The first kappa shape index (κ1) is 13.5. The van der Waals surface area contributed by atoms with E-state index in [2.05, 4.69) is 20.6 Å². The second-order valence-corrected chi connectivity index (χ2v) is 6.50. The highest BCUT2D eigenvalue weighted by atomic mass is 32.1. The van der Waals surface area contributed by atoms with Crippen LogP contribution >= 0.6 is 11.3 Å². The summed E-state index contributed by atoms with van der Waals surface area (Å²) >= 11 is 1.42. The Bertz CT molecular complexity index is 860. The van der Waals surface area contributed by atoms with Gasteiger partial charge in [-0.05, 0) is 26.0 Å². The van der Waals surface area contributed by atoms with Crippen LogP contribution < -0.4 is 0 Å². The molecule has 0 aliphatic carbocycles. The number of hydrogen-bond donors (Lipinski definition) is 0. The molecule has 0 N–H and O–H groups in total. The number of carbonyl (C=O) groups is 1. The van der Waals surface area contributed by atoms with Crippen molar-refractivity contribution in [1.29, 1.82) is 0 Å². The van der Waals surface area contributed by atoms with Crippen molar-refractivity contribution in [3.05, 3.63) is 46.2 Å². The minimum absolute atomic E-state index is 0.0957. The first-order valence-corrected chi connectivity index (χ1v) is 8.16. The summed E-state index contributed by atoms with van der Waals surface area (Å²) in [5.41, 5.74) is 4.71. The van der Waals surface area contributed by atoms with Crippen LogP contribution in [-0.2, 0) is 0 Å². The highest BCUT2D eigenvalue weighted by Crippen LogP contribution is 2.29. The van der Waals surface area contributed by atoms with Crippen LogP contribution in [-0.4, -0.2) is 38.4 Å². The van der Waals surface area contributed by atoms with E-state index in [1.54, 1.807) is 5.51 Å². The maximum Gasteiger partial charge on any atom is 0.265 e. The second-order valence-electron chi connectivity index (χ2n) is 5.65. The van der Waals surface area contributed by atoms with E-state index >= 15 is 0 Å². The lowest BCUT2D eigenvalue weighted by Gasteiger charge is -2.40. The van der Waals surface area contributed by atoms with E-state index in [0.29, 0.717) is 6.04 Å². The lowest BCUT2D eigenvalue weighted by molar-refractivity contribution is 0.0527. The van der Waals surface area contributed by atoms with E-state index in [1.807, 2.05) is 36.9 Å². The number of rotatable bonds is 2. The molecule has 1 saturated heterocycles. The first-order chi connectivity index (χ1) is 10.6. The van der Waals surface area contributed by atoms with Crippen LogP contribution in [0.25, 0.3) is 11.0 Å². The van der Waals surface area contributed by atoms with Crippen molar-refractivity contribution in [2.75, 3.05) is 13.1 Å². The van der Waals surface area contributed by atoms with E-state index in [1.165, 1.54) is 11.3 Å². The number of carbonyl (C=O) groups excluding carboxylic acids is 1. The normalized spacial score (nSPS) is 15.3. The maximum atomic E-state index is 12.4. The van der Waals surface area contributed by atoms with Crippen molar-refractivity contribution in [2.24, 2.45) is 0 Å². The van der Waals surface area contributed by atoms with E-state index in [9.17, 15) is 4.79 Å². The molecule has 1 amide bonds. The van der Waals surface area contributed by atoms with E-state index in [-0.39, 0.29) is 5.91 Å². The third kappa shape index (κ3) is 1.94. The lowest BCUT2D eigenvalue weighted by Crippen LogP contribution is -2.50. The number of hydrogen-bond acceptors (Lipinski definition) is 4. The average Bonchev–Trinajstić information content (AvgIpc) is 3.01. The summed E-state index contributed by atoms with van der Waals surface area (Å²) in [5.74, 6) is 1.10. The number of para-hydroxylation sites is 2. The van der Waals surface area contributed by atoms with Gasteiger partial charge in [0.1, 0.15) is 10.7 Å². The molecule has 1 aliphatic heterocycles. The van der Waals surface area contributed by atoms with E-state index in [4.69, 9.17) is 0 Å². The largest absolute Gasteiger partial charge is 0.334 e. The Labute approximate surface area is 132 Å². The van der Waals surface area contributed by atoms with Gasteiger partial charge < -0.3 is 9.47 Å². The molecule has 6 heteroatoms. The number of thiazole rings is 1. The highest BCUT2D eigenvalue weighted by molar-refractivity contribution is 7.11. The van der Waals surface area contributed by atoms with Crippen molar-refractivity contribution >= 4 is 28.3 Å². The predicted molar refractivity (Wildman–Crippen MR) is 86.3 cm³/mol. The van der Waals surface area contributed by atoms with Crippen LogP contribution in [0, 0.1) is 13.8 Å². The standard InChI is InChI=1S/C16H16N4OS/c1-10-15(22-9-17-10)16(21)19-7-12(8-19)20-11(2)18-13-5-3-4-6-14(13)20/h3-6,9,12H,7-8H2,1-2H3. The van der Waals surface area contributed by atoms with Crippen LogP contribution in [0.2, 0.25) is 0 Å². The van der Waals surface area contributed by atoms with Crippen molar-refractivity contribution in [1.82, 2.24) is 19.4 Å². The highest BCUT2D eigenvalue weighted by Gasteiger charge is 2.35. The molecule has 4 rings (SSSR count). The average molecular weight is 312 g/mol. The summed E-state index contributed by atoms with van der Waals surface area (Å²) in [6.45, 7) is 5.38. The van der Waals surface area contributed by atoms with Crippen molar-refractivity contribution in [3.8, 4) is 0 Å². The van der Waals surface area contributed by atoms with Gasteiger partial charge in [-0.1, -0.05) is 12.1 Å². The van der Waals surface area contributed by atoms with Crippen LogP contribution in [0.15, 0.2) is 29.8 Å². The van der Waals surface area contributed by atoms with Crippen molar-refractivity contribution < 1.29 is 4.79 Å². The Kier molecular flexibility index (Phi) is 3.00. The zero-order chi connectivity index (χ0) is 15.3. The van der Waals surface area contributed by atoms with Crippen molar-refractivity contribution in [3.63, 3.8) is 0 Å². The van der Waals surface area contributed by atoms with Gasteiger partial charge in [0.05, 0.1) is 28.3 Å². The molecule has 0 atom stereocenters. The van der Waals surface area contributed by atoms with Gasteiger partial charge in [0.25, 0.3) is 5.91 Å². The number of imidazole rings is 1. The summed E-state index contributed by atoms with van der Waals surface area (Å²) in [4.78, 5) is 23.8. The number of aryl methyl sites for hydroxylation is 2. The molecule has 0 spiro atoms. The number of nitrogens with zero attached hydrogens (tertiary/aromatic N) is 4. The third-order valence-electron chi connectivity index (χ3n) is 4.23. The van der Waals surface area contributed by atoms with Crippen LogP contribution in [0.5, 0.6) is 0 Å². The Morgan fingerprint density at radius 1 is 1.27 bits per heavy atom. The molecule has 0 radical (unpaired) electrons. The molecular formula is C16H16N4OS. The fraction of sp³-hybridized carbons (Fsp3) is 0.312. The van der Waals surface area contributed by atoms with Gasteiger partial charge in [0, 0.05) is 13.1 Å². The molecule has 0 unspecified atom stereocenters. The zero-order valence-electron chi connectivity index (χ0n) is 12.5. The van der Waals surface area contributed by atoms with Gasteiger partial charge in [-0.15, -0.1) is 11.3 Å². The number of fused-ring (bicyclic) bond motifs is 1. The van der Waals surface area contributed by atoms with Crippen LogP contribution in [0.1, 0.15) is 27.2 Å². The van der Waals surface area contributed by atoms with Gasteiger partial charge in [0.2, 0.25) is 0 Å². The predicted octanol–water partition coefficient (Wildman–Crippen LogP) is 2.81. The minimum atomic E-state index is 0.0957. The smallest absolute Gasteiger partial charge is 0.265 e. The number of benzene rings is 1. The second kappa shape index (κ2) is 4.91. The first-order valence-electron chi connectivity index (χ1n) is 7.28. The molecule has 1 aromatic carbocycles. The molecule has 22 heavy (non-hydrogen) atoms. The molecule has 5 nitrogen and oxygen atoms in total. The van der Waals surface area contributed by atoms with E-state index in [0.717, 1.165) is 40.5 Å². The minimum Gasteiger partial charge on any atom is -0.334 e. The summed E-state index contributed by atoms with van der Waals surface area (Å²) in [6.07, 6.45) is 0. The SMILES string of the molecule is Cc1ncsc1C(=O)N1CC(n2c(C)nc3ccccc32)C1. The van der Waals surface area contributed by atoms with Gasteiger partial charge >= 0.3 is 0 Å². The topological polar surface area (TPSA) is 51.0 Å². The number of amides is 1. The summed E-state index contributed by atoms with van der Waals surface area (Å²) in [5, 5.41) is 0. The molecule has 0 saturated carbocycles. The summed E-state index contributed by atoms with van der Waals surface area (Å²) < 4.78 is 2.25. The summed E-state index contributed by atoms with van der Waals surface area (Å²) in [6, 6.07) is 8.46. The molecular weight excluding hydrogens is 296 g/mol. The Hall–Kier alpha value is -2.21. The Morgan fingerprint density at radius 3 is 2.77 bits per heavy atom. The van der Waals surface area contributed by atoms with Crippen molar-refractivity contribution in [2.45, 2.75) is 19.9 Å². The number of aromatic nitrogens is 3. The number of likely N-dealkylation sites (tertiary alicyclic amines) is 1. The fourth-order valence-electron chi connectivity index (χ4n) is 3.06. The quantitative estimate of drug-likeness (QED) is 0.731. The third-order valence-corrected chi connectivity index (χ3v) is 5.14. The fourth-order valence-corrected chi connectivity index (χ4v) is 3.83. The Morgan fingerprint density at radius 2 is 2.05 bits per heavy atom. The van der Waals surface area contributed by atoms with Gasteiger partial charge in [-0.3, -0.25) is 4.79 Å². The molecule has 1 aliphatic rings. The van der Waals surface area contributed by atoms with Gasteiger partial charge in [-0.25, -0.2) is 9.97 Å².